The Morgan fingerprint density at radius 1 is 1.07 bits per heavy atom. The number of carbonyl (C=O) groups excluding carboxylic acids is 2. The Morgan fingerprint density at radius 2 is 1.80 bits per heavy atom. The number of morpholine rings is 1. The van der Waals surface area contributed by atoms with Crippen LogP contribution < -0.4 is 0 Å². The second-order valence-electron chi connectivity index (χ2n) is 7.98. The second kappa shape index (κ2) is 9.00. The van der Waals surface area contributed by atoms with E-state index in [1.54, 1.807) is 12.1 Å². The summed E-state index contributed by atoms with van der Waals surface area (Å²) in [4.78, 5) is 30.9. The molecule has 30 heavy (non-hydrogen) atoms. The molecule has 0 N–H and O–H groups in total. The number of carbonyl (C=O) groups is 2. The van der Waals surface area contributed by atoms with Crippen molar-refractivity contribution in [3.05, 3.63) is 53.9 Å². The van der Waals surface area contributed by atoms with Gasteiger partial charge in [0.15, 0.2) is 0 Å². The van der Waals surface area contributed by atoms with Gasteiger partial charge in [-0.15, -0.1) is 0 Å². The van der Waals surface area contributed by atoms with Crippen molar-refractivity contribution in [1.82, 2.24) is 9.88 Å². The fourth-order valence-corrected chi connectivity index (χ4v) is 4.37. The van der Waals surface area contributed by atoms with E-state index in [2.05, 4.69) is 4.98 Å². The van der Waals surface area contributed by atoms with Crippen molar-refractivity contribution in [3.63, 3.8) is 0 Å². The average molecular weight is 414 g/mol. The third-order valence-corrected chi connectivity index (χ3v) is 5.99. The fourth-order valence-electron chi connectivity index (χ4n) is 4.37. The SMILES string of the molecule is O=C(Cc1ccc(-c2cc(F)cc(F)c2)cn1)C1CCC(N2CCOCC2=O)CC1. The van der Waals surface area contributed by atoms with Gasteiger partial charge < -0.3 is 9.64 Å². The first-order chi connectivity index (χ1) is 14.5. The fraction of sp³-hybridized carbons (Fsp3) is 0.435. The number of benzene rings is 1. The lowest BCUT2D eigenvalue weighted by Gasteiger charge is -2.38. The molecule has 0 unspecified atom stereocenters. The number of nitrogens with zero attached hydrogens (tertiary/aromatic N) is 2. The minimum absolute atomic E-state index is 0.0174. The van der Waals surface area contributed by atoms with E-state index in [1.807, 2.05) is 4.90 Å². The molecule has 1 aliphatic heterocycles. The summed E-state index contributed by atoms with van der Waals surface area (Å²) >= 11 is 0. The van der Waals surface area contributed by atoms with E-state index in [-0.39, 0.29) is 36.7 Å². The number of rotatable bonds is 5. The highest BCUT2D eigenvalue weighted by Crippen LogP contribution is 2.30. The molecule has 1 saturated carbocycles. The third kappa shape index (κ3) is 4.73. The summed E-state index contributed by atoms with van der Waals surface area (Å²) in [7, 11) is 0. The lowest BCUT2D eigenvalue weighted by atomic mass is 9.81. The van der Waals surface area contributed by atoms with Crippen LogP contribution in [0.15, 0.2) is 36.5 Å². The molecular formula is C23H24F2N2O3. The van der Waals surface area contributed by atoms with Crippen molar-refractivity contribution in [3.8, 4) is 11.1 Å². The maximum Gasteiger partial charge on any atom is 0.248 e. The summed E-state index contributed by atoms with van der Waals surface area (Å²) in [5, 5.41) is 0. The Morgan fingerprint density at radius 3 is 2.43 bits per heavy atom. The Kier molecular flexibility index (Phi) is 6.18. The van der Waals surface area contributed by atoms with Gasteiger partial charge in [0.05, 0.1) is 6.61 Å². The zero-order valence-corrected chi connectivity index (χ0v) is 16.7. The molecule has 2 aromatic rings. The minimum atomic E-state index is -0.640. The van der Waals surface area contributed by atoms with Gasteiger partial charge in [0.2, 0.25) is 5.91 Å². The highest BCUT2D eigenvalue weighted by Gasteiger charge is 2.32. The lowest BCUT2D eigenvalue weighted by molar-refractivity contribution is -0.146. The number of Topliss-reactive ketones (excluding diaryl/α,β-unsaturated/α-hetero) is 1. The first-order valence-corrected chi connectivity index (χ1v) is 10.3. The molecular weight excluding hydrogens is 390 g/mol. The van der Waals surface area contributed by atoms with Crippen LogP contribution in [0.2, 0.25) is 0 Å². The number of halogens is 2. The van der Waals surface area contributed by atoms with Gasteiger partial charge >= 0.3 is 0 Å². The van der Waals surface area contributed by atoms with Crippen molar-refractivity contribution in [1.29, 1.82) is 0 Å². The van der Waals surface area contributed by atoms with Crippen LogP contribution in [0.25, 0.3) is 11.1 Å². The molecule has 2 aliphatic rings. The van der Waals surface area contributed by atoms with E-state index in [0.717, 1.165) is 31.7 Å². The maximum atomic E-state index is 13.4. The summed E-state index contributed by atoms with van der Waals surface area (Å²) in [6, 6.07) is 6.99. The lowest BCUT2D eigenvalue weighted by Crippen LogP contribution is -2.49. The van der Waals surface area contributed by atoms with Crippen molar-refractivity contribution >= 4 is 11.7 Å². The van der Waals surface area contributed by atoms with Crippen molar-refractivity contribution in [2.24, 2.45) is 5.92 Å². The zero-order valence-electron chi connectivity index (χ0n) is 16.7. The Bertz CT molecular complexity index is 904. The molecule has 1 aromatic carbocycles. The molecule has 158 valence electrons. The van der Waals surface area contributed by atoms with Crippen molar-refractivity contribution in [2.45, 2.75) is 38.1 Å². The van der Waals surface area contributed by atoms with Gasteiger partial charge in [-0.05, 0) is 49.4 Å². The van der Waals surface area contributed by atoms with E-state index in [9.17, 15) is 18.4 Å². The molecule has 2 fully saturated rings. The second-order valence-corrected chi connectivity index (χ2v) is 7.98. The van der Waals surface area contributed by atoms with Crippen LogP contribution in [0.5, 0.6) is 0 Å². The molecule has 0 bridgehead atoms. The van der Waals surface area contributed by atoms with Gasteiger partial charge in [-0.25, -0.2) is 8.78 Å². The van der Waals surface area contributed by atoms with Crippen LogP contribution in [-0.2, 0) is 20.7 Å². The largest absolute Gasteiger partial charge is 0.370 e. The number of ketones is 1. The molecule has 7 heteroatoms. The van der Waals surface area contributed by atoms with Gasteiger partial charge in [0.25, 0.3) is 0 Å². The Balaban J connectivity index is 1.32. The molecule has 0 spiro atoms. The highest BCUT2D eigenvalue weighted by molar-refractivity contribution is 5.83. The number of amides is 1. The third-order valence-electron chi connectivity index (χ3n) is 5.99. The Hall–Kier alpha value is -2.67. The van der Waals surface area contributed by atoms with Crippen LogP contribution in [0, 0.1) is 17.6 Å². The molecule has 5 nitrogen and oxygen atoms in total. The summed E-state index contributed by atoms with van der Waals surface area (Å²) in [6.45, 7) is 1.37. The summed E-state index contributed by atoms with van der Waals surface area (Å²) < 4.78 is 32.0. The predicted octanol–water partition coefficient (Wildman–Crippen LogP) is 3.56. The first kappa shape index (κ1) is 20.6. The smallest absolute Gasteiger partial charge is 0.248 e. The normalized spacial score (nSPS) is 22.2. The Labute approximate surface area is 174 Å². The quantitative estimate of drug-likeness (QED) is 0.751. The van der Waals surface area contributed by atoms with E-state index in [4.69, 9.17) is 4.74 Å². The highest BCUT2D eigenvalue weighted by atomic mass is 19.1. The number of hydrogen-bond acceptors (Lipinski definition) is 4. The molecule has 1 aromatic heterocycles. The number of pyridine rings is 1. The van der Waals surface area contributed by atoms with Crippen molar-refractivity contribution in [2.75, 3.05) is 19.8 Å². The van der Waals surface area contributed by atoms with Gasteiger partial charge in [-0.3, -0.25) is 14.6 Å². The number of aromatic nitrogens is 1. The van der Waals surface area contributed by atoms with Crippen LogP contribution in [0.3, 0.4) is 0 Å². The first-order valence-electron chi connectivity index (χ1n) is 10.3. The standard InChI is InChI=1S/C23H24F2N2O3/c24-18-9-17(10-19(25)11-18)16-1-4-20(26-13-16)12-22(28)15-2-5-21(6-3-15)27-7-8-30-14-23(27)29/h1,4,9-11,13,15,21H,2-3,5-8,12,14H2. The zero-order chi connectivity index (χ0) is 21.1. The maximum absolute atomic E-state index is 13.4. The van der Waals surface area contributed by atoms with Gasteiger partial charge in [0.1, 0.15) is 24.0 Å². The van der Waals surface area contributed by atoms with Gasteiger partial charge in [0, 0.05) is 48.4 Å². The van der Waals surface area contributed by atoms with E-state index < -0.39 is 11.6 Å². The van der Waals surface area contributed by atoms with E-state index in [1.165, 1.54) is 18.3 Å². The average Bonchev–Trinajstić information content (AvgIpc) is 2.74. The summed E-state index contributed by atoms with van der Waals surface area (Å²) in [6.07, 6.45) is 4.99. The molecule has 0 radical (unpaired) electrons. The molecule has 4 rings (SSSR count). The predicted molar refractivity (Wildman–Crippen MR) is 107 cm³/mol. The molecule has 0 atom stereocenters. The van der Waals surface area contributed by atoms with Crippen molar-refractivity contribution < 1.29 is 23.1 Å². The molecule has 1 amide bonds. The van der Waals surface area contributed by atoms with Crippen LogP contribution in [0.4, 0.5) is 8.78 Å². The monoisotopic (exact) mass is 414 g/mol. The van der Waals surface area contributed by atoms with Crippen LogP contribution >= 0.6 is 0 Å². The summed E-state index contributed by atoms with van der Waals surface area (Å²) in [5.74, 6) is -1.11. The van der Waals surface area contributed by atoms with E-state index in [0.29, 0.717) is 30.0 Å². The molecule has 1 saturated heterocycles. The van der Waals surface area contributed by atoms with Crippen LogP contribution in [0.1, 0.15) is 31.4 Å². The topological polar surface area (TPSA) is 59.5 Å². The minimum Gasteiger partial charge on any atom is -0.370 e. The van der Waals surface area contributed by atoms with Gasteiger partial charge in [-0.2, -0.15) is 0 Å². The summed E-state index contributed by atoms with van der Waals surface area (Å²) in [5.41, 5.74) is 1.65. The number of hydrogen-bond donors (Lipinski definition) is 0. The number of ether oxygens (including phenoxy) is 1. The van der Waals surface area contributed by atoms with E-state index >= 15 is 0 Å². The molecule has 1 aliphatic carbocycles. The van der Waals surface area contributed by atoms with Gasteiger partial charge in [-0.1, -0.05) is 6.07 Å². The molecule has 2 heterocycles. The van der Waals surface area contributed by atoms with Crippen LogP contribution in [-0.4, -0.2) is 47.4 Å².